The Morgan fingerprint density at radius 1 is 0.340 bits per heavy atom. The number of aromatic nitrogens is 1. The Balaban J connectivity index is 1.10. The van der Waals surface area contributed by atoms with Crippen LogP contribution in [0.3, 0.4) is 0 Å². The number of nitrogens with zero attached hydrogens (tertiary/aromatic N) is 1. The van der Waals surface area contributed by atoms with E-state index in [1.165, 1.54) is 97.3 Å². The van der Waals surface area contributed by atoms with Gasteiger partial charge in [-0.1, -0.05) is 157 Å². The lowest BCUT2D eigenvalue weighted by atomic mass is 9.89. The smallest absolute Gasteiger partial charge is 0.0619 e. The Labute approximate surface area is 294 Å². The molecule has 0 spiro atoms. The van der Waals surface area contributed by atoms with E-state index in [2.05, 4.69) is 180 Å². The third-order valence-electron chi connectivity index (χ3n) is 10.6. The highest BCUT2D eigenvalue weighted by Crippen LogP contribution is 2.50. The highest BCUT2D eigenvalue weighted by atomic mass is 32.2. The van der Waals surface area contributed by atoms with E-state index < -0.39 is 0 Å². The molecule has 0 saturated carbocycles. The zero-order chi connectivity index (χ0) is 32.8. The van der Waals surface area contributed by atoms with E-state index in [1.54, 1.807) is 0 Å². The molecule has 2 heterocycles. The van der Waals surface area contributed by atoms with Gasteiger partial charge in [-0.2, -0.15) is 0 Å². The zero-order valence-corrected chi connectivity index (χ0v) is 27.9. The van der Waals surface area contributed by atoms with E-state index >= 15 is 0 Å². The summed E-state index contributed by atoms with van der Waals surface area (Å²) in [6.45, 7) is 0. The first-order valence-electron chi connectivity index (χ1n) is 17.2. The SMILES string of the molecule is c1ccc2c(c1)Sc1ccc(-c3ccccc3-c3ccc(-n4c5ccc6ccccc6c5c5ccc6ccccc6c54)cc3)c3cccc-2c13. The molecule has 0 saturated heterocycles. The molecular weight excluding hydrogens is 623 g/mol. The van der Waals surface area contributed by atoms with Gasteiger partial charge < -0.3 is 4.57 Å². The van der Waals surface area contributed by atoms with Gasteiger partial charge in [0.15, 0.2) is 0 Å². The van der Waals surface area contributed by atoms with Crippen molar-refractivity contribution in [3.63, 3.8) is 0 Å². The molecular formula is C48H29NS. The average molecular weight is 652 g/mol. The number of hydrogen-bond donors (Lipinski definition) is 0. The van der Waals surface area contributed by atoms with E-state index in [-0.39, 0.29) is 0 Å². The summed E-state index contributed by atoms with van der Waals surface area (Å²) < 4.78 is 2.47. The summed E-state index contributed by atoms with van der Waals surface area (Å²) in [6, 6.07) is 64.9. The maximum Gasteiger partial charge on any atom is 0.0619 e. The zero-order valence-electron chi connectivity index (χ0n) is 27.1. The maximum atomic E-state index is 2.47. The lowest BCUT2D eigenvalue weighted by Gasteiger charge is -2.22. The van der Waals surface area contributed by atoms with Gasteiger partial charge in [0.05, 0.1) is 11.0 Å². The van der Waals surface area contributed by atoms with E-state index in [4.69, 9.17) is 0 Å². The monoisotopic (exact) mass is 651 g/mol. The Morgan fingerprint density at radius 3 is 1.86 bits per heavy atom. The molecule has 0 aliphatic carbocycles. The van der Waals surface area contributed by atoms with Crippen molar-refractivity contribution in [2.75, 3.05) is 0 Å². The third kappa shape index (κ3) is 3.97. The number of rotatable bonds is 3. The molecule has 0 radical (unpaired) electrons. The normalized spacial score (nSPS) is 12.3. The predicted molar refractivity (Wildman–Crippen MR) is 214 cm³/mol. The summed E-state index contributed by atoms with van der Waals surface area (Å²) in [6.07, 6.45) is 0. The fourth-order valence-electron chi connectivity index (χ4n) is 8.39. The van der Waals surface area contributed by atoms with Gasteiger partial charge in [0.2, 0.25) is 0 Å². The molecule has 0 atom stereocenters. The molecule has 0 amide bonds. The summed E-state index contributed by atoms with van der Waals surface area (Å²) in [5.41, 5.74) is 11.3. The van der Waals surface area contributed by atoms with Gasteiger partial charge in [-0.3, -0.25) is 0 Å². The van der Waals surface area contributed by atoms with Crippen LogP contribution in [0, 0.1) is 0 Å². The number of benzene rings is 9. The molecule has 0 unspecified atom stereocenters. The molecule has 2 heteroatoms. The Bertz CT molecular complexity index is 3000. The van der Waals surface area contributed by atoms with Gasteiger partial charge in [0, 0.05) is 37.0 Å². The fourth-order valence-corrected chi connectivity index (χ4v) is 9.52. The topological polar surface area (TPSA) is 4.93 Å². The van der Waals surface area contributed by atoms with Crippen molar-refractivity contribution in [2.24, 2.45) is 0 Å². The van der Waals surface area contributed by atoms with Crippen LogP contribution in [0.4, 0.5) is 0 Å². The minimum Gasteiger partial charge on any atom is -0.309 e. The van der Waals surface area contributed by atoms with Crippen LogP contribution >= 0.6 is 11.8 Å². The third-order valence-corrected chi connectivity index (χ3v) is 11.7. The van der Waals surface area contributed by atoms with Crippen molar-refractivity contribution in [2.45, 2.75) is 9.79 Å². The molecule has 0 N–H and O–H groups in total. The van der Waals surface area contributed by atoms with Crippen molar-refractivity contribution in [3.8, 4) is 39.1 Å². The maximum absolute atomic E-state index is 2.47. The van der Waals surface area contributed by atoms with Crippen LogP contribution in [0.5, 0.6) is 0 Å². The van der Waals surface area contributed by atoms with Gasteiger partial charge in [0.1, 0.15) is 0 Å². The highest BCUT2D eigenvalue weighted by molar-refractivity contribution is 7.99. The van der Waals surface area contributed by atoms with Gasteiger partial charge in [-0.15, -0.1) is 0 Å². The van der Waals surface area contributed by atoms with E-state index in [9.17, 15) is 0 Å². The molecule has 1 aromatic heterocycles. The van der Waals surface area contributed by atoms with Crippen molar-refractivity contribution < 1.29 is 0 Å². The van der Waals surface area contributed by atoms with Gasteiger partial charge in [-0.25, -0.2) is 0 Å². The van der Waals surface area contributed by atoms with Crippen molar-refractivity contribution in [1.29, 1.82) is 0 Å². The summed E-state index contributed by atoms with van der Waals surface area (Å²) in [4.78, 5) is 2.65. The Morgan fingerprint density at radius 2 is 1.00 bits per heavy atom. The first-order valence-corrected chi connectivity index (χ1v) is 18.0. The average Bonchev–Trinajstić information content (AvgIpc) is 3.54. The van der Waals surface area contributed by atoms with Crippen LogP contribution in [-0.4, -0.2) is 4.57 Å². The fraction of sp³-hybridized carbons (Fsp3) is 0. The molecule has 1 aliphatic rings. The molecule has 1 aliphatic heterocycles. The minimum absolute atomic E-state index is 1.16. The number of hydrogen-bond acceptors (Lipinski definition) is 1. The summed E-state index contributed by atoms with van der Waals surface area (Å²) in [7, 11) is 0. The van der Waals surface area contributed by atoms with Gasteiger partial charge >= 0.3 is 0 Å². The molecule has 50 heavy (non-hydrogen) atoms. The quantitative estimate of drug-likeness (QED) is 0.184. The summed E-state index contributed by atoms with van der Waals surface area (Å²) in [5, 5.41) is 10.3. The molecule has 10 aromatic rings. The Hall–Kier alpha value is -6.09. The molecule has 11 rings (SSSR count). The molecule has 232 valence electrons. The molecule has 9 aromatic carbocycles. The predicted octanol–water partition coefficient (Wildman–Crippen LogP) is 13.7. The molecule has 0 fully saturated rings. The van der Waals surface area contributed by atoms with Crippen LogP contribution < -0.4 is 0 Å². The van der Waals surface area contributed by atoms with Gasteiger partial charge in [0.25, 0.3) is 0 Å². The van der Waals surface area contributed by atoms with Gasteiger partial charge in [-0.05, 0) is 85.3 Å². The van der Waals surface area contributed by atoms with Crippen LogP contribution in [0.1, 0.15) is 0 Å². The van der Waals surface area contributed by atoms with Crippen LogP contribution in [0.25, 0.3) is 93.2 Å². The van der Waals surface area contributed by atoms with Crippen LogP contribution in [-0.2, 0) is 0 Å². The minimum atomic E-state index is 1.16. The first-order chi connectivity index (χ1) is 24.8. The second-order valence-corrected chi connectivity index (χ2v) is 14.3. The van der Waals surface area contributed by atoms with Crippen molar-refractivity contribution >= 4 is 65.9 Å². The Kier molecular flexibility index (Phi) is 5.96. The lowest BCUT2D eigenvalue weighted by Crippen LogP contribution is -1.96. The van der Waals surface area contributed by atoms with Crippen LogP contribution in [0.2, 0.25) is 0 Å². The first kappa shape index (κ1) is 27.8. The second-order valence-electron chi connectivity index (χ2n) is 13.2. The lowest BCUT2D eigenvalue weighted by molar-refractivity contribution is 1.19. The van der Waals surface area contributed by atoms with E-state index in [1.807, 2.05) is 11.8 Å². The highest BCUT2D eigenvalue weighted by Gasteiger charge is 2.22. The van der Waals surface area contributed by atoms with E-state index in [0.29, 0.717) is 0 Å². The van der Waals surface area contributed by atoms with E-state index in [0.717, 1.165) is 5.69 Å². The largest absolute Gasteiger partial charge is 0.309 e. The van der Waals surface area contributed by atoms with Crippen molar-refractivity contribution in [3.05, 3.63) is 176 Å². The molecule has 0 bridgehead atoms. The second kappa shape index (κ2) is 10.7. The standard InChI is InChI=1S/C48H29NS/c1-3-13-35-30(10-1)23-28-43-46(35)42-26-22-31-11-2-4-14-36(31)48(42)49(43)33-24-20-32(21-25-33)34-12-5-6-15-37(34)38-27-29-45-47-40(38)17-9-18-41(47)39-16-7-8-19-44(39)50-45/h1-29H. The summed E-state index contributed by atoms with van der Waals surface area (Å²) >= 11 is 1.88. The number of fused-ring (bicyclic) bond motifs is 9. The summed E-state index contributed by atoms with van der Waals surface area (Å²) in [5.74, 6) is 0. The van der Waals surface area contributed by atoms with Crippen molar-refractivity contribution in [1.82, 2.24) is 4.57 Å². The molecule has 1 nitrogen and oxygen atoms in total. The van der Waals surface area contributed by atoms with Crippen LogP contribution in [0.15, 0.2) is 186 Å².